The number of hydrogen-bond acceptors (Lipinski definition) is 3. The van der Waals surface area contributed by atoms with E-state index < -0.39 is 0 Å². The summed E-state index contributed by atoms with van der Waals surface area (Å²) < 4.78 is 10.7. The average Bonchev–Trinajstić information content (AvgIpc) is 2.58. The predicted octanol–water partition coefficient (Wildman–Crippen LogP) is 2.94. The van der Waals surface area contributed by atoms with Gasteiger partial charge in [0.25, 0.3) is 0 Å². The molecule has 0 radical (unpaired) electrons. The van der Waals surface area contributed by atoms with Crippen molar-refractivity contribution in [2.24, 2.45) is 4.99 Å². The van der Waals surface area contributed by atoms with Crippen LogP contribution in [0, 0.1) is 0 Å². The van der Waals surface area contributed by atoms with E-state index in [0.29, 0.717) is 6.54 Å². The first-order valence-corrected chi connectivity index (χ1v) is 8.36. The molecular weight excluding hydrogens is 290 g/mol. The third kappa shape index (κ3) is 6.38. The minimum atomic E-state index is 0.711. The molecule has 0 spiro atoms. The molecule has 0 aromatic heterocycles. The van der Waals surface area contributed by atoms with E-state index in [9.17, 15) is 0 Å². The van der Waals surface area contributed by atoms with Gasteiger partial charge in [-0.3, -0.25) is 4.99 Å². The van der Waals surface area contributed by atoms with Gasteiger partial charge in [-0.1, -0.05) is 13.3 Å². The molecule has 1 aromatic carbocycles. The Hall–Kier alpha value is -1.91. The van der Waals surface area contributed by atoms with Gasteiger partial charge in [0.1, 0.15) is 11.5 Å². The van der Waals surface area contributed by atoms with Crippen molar-refractivity contribution in [3.63, 3.8) is 0 Å². The minimum absolute atomic E-state index is 0.711. The van der Waals surface area contributed by atoms with Crippen LogP contribution in [0.2, 0.25) is 0 Å². The van der Waals surface area contributed by atoms with Crippen LogP contribution in [0.4, 0.5) is 0 Å². The minimum Gasteiger partial charge on any atom is -0.497 e. The first-order chi connectivity index (χ1) is 11.2. The number of methoxy groups -OCH3 is 2. The van der Waals surface area contributed by atoms with Crippen molar-refractivity contribution in [2.75, 3.05) is 40.9 Å². The lowest BCUT2D eigenvalue weighted by molar-refractivity contribution is 0.398. The van der Waals surface area contributed by atoms with E-state index in [0.717, 1.165) is 42.5 Å². The molecule has 0 fully saturated rings. The van der Waals surface area contributed by atoms with Crippen molar-refractivity contribution in [3.8, 4) is 11.5 Å². The van der Waals surface area contributed by atoms with Crippen molar-refractivity contribution in [2.45, 2.75) is 33.1 Å². The molecule has 0 aliphatic rings. The fourth-order valence-electron chi connectivity index (χ4n) is 2.33. The summed E-state index contributed by atoms with van der Waals surface area (Å²) in [6.45, 7) is 6.90. The summed E-state index contributed by atoms with van der Waals surface area (Å²) in [6.07, 6.45) is 3.17. The van der Waals surface area contributed by atoms with Crippen LogP contribution < -0.4 is 14.8 Å². The molecule has 1 aromatic rings. The number of ether oxygens (including phenoxy) is 2. The number of rotatable bonds is 9. The van der Waals surface area contributed by atoms with Crippen LogP contribution in [0.15, 0.2) is 23.2 Å². The van der Waals surface area contributed by atoms with Crippen molar-refractivity contribution < 1.29 is 9.47 Å². The lowest BCUT2D eigenvalue weighted by Crippen LogP contribution is -2.39. The van der Waals surface area contributed by atoms with E-state index in [1.54, 1.807) is 14.2 Å². The van der Waals surface area contributed by atoms with Crippen LogP contribution in [-0.4, -0.2) is 51.8 Å². The quantitative estimate of drug-likeness (QED) is 0.561. The van der Waals surface area contributed by atoms with Crippen LogP contribution in [-0.2, 0) is 6.42 Å². The topological polar surface area (TPSA) is 46.1 Å². The van der Waals surface area contributed by atoms with Crippen molar-refractivity contribution in [1.29, 1.82) is 0 Å². The molecule has 0 heterocycles. The molecule has 0 saturated heterocycles. The van der Waals surface area contributed by atoms with E-state index in [1.165, 1.54) is 12.8 Å². The molecule has 0 amide bonds. The van der Waals surface area contributed by atoms with Crippen LogP contribution in [0.3, 0.4) is 0 Å². The second-order valence-electron chi connectivity index (χ2n) is 5.44. The van der Waals surface area contributed by atoms with Gasteiger partial charge in [-0.2, -0.15) is 0 Å². The number of nitrogens with one attached hydrogen (secondary N) is 1. The van der Waals surface area contributed by atoms with Gasteiger partial charge in [-0.05, 0) is 43.5 Å². The normalized spacial score (nSPS) is 11.3. The lowest BCUT2D eigenvalue weighted by Gasteiger charge is -2.21. The average molecular weight is 321 g/mol. The predicted molar refractivity (Wildman–Crippen MR) is 96.8 cm³/mol. The Balaban J connectivity index is 2.73. The van der Waals surface area contributed by atoms with Crippen LogP contribution in [0.5, 0.6) is 11.5 Å². The molecule has 5 heteroatoms. The maximum atomic E-state index is 5.42. The SMILES string of the molecule is CCCCN(C)C(=NCCc1cc(OC)ccc1OC)NCC. The Morgan fingerprint density at radius 3 is 2.61 bits per heavy atom. The highest BCUT2D eigenvalue weighted by molar-refractivity contribution is 5.79. The zero-order chi connectivity index (χ0) is 17.1. The molecule has 0 atom stereocenters. The number of nitrogens with zero attached hydrogens (tertiary/aromatic N) is 2. The maximum absolute atomic E-state index is 5.42. The molecular formula is C18H31N3O2. The molecule has 0 unspecified atom stereocenters. The Labute approximate surface area is 140 Å². The number of aliphatic imine (C=N–C) groups is 1. The van der Waals surface area contributed by atoms with E-state index in [1.807, 2.05) is 18.2 Å². The smallest absolute Gasteiger partial charge is 0.193 e. The van der Waals surface area contributed by atoms with E-state index in [2.05, 4.69) is 31.1 Å². The summed E-state index contributed by atoms with van der Waals surface area (Å²) in [5.74, 6) is 2.69. The molecule has 0 aliphatic heterocycles. The number of benzene rings is 1. The number of guanidine groups is 1. The highest BCUT2D eigenvalue weighted by Gasteiger charge is 2.07. The second-order valence-corrected chi connectivity index (χ2v) is 5.44. The molecule has 130 valence electrons. The summed E-state index contributed by atoms with van der Waals surface area (Å²) in [6, 6.07) is 5.87. The van der Waals surface area contributed by atoms with Crippen LogP contribution in [0.25, 0.3) is 0 Å². The molecule has 1 N–H and O–H groups in total. The summed E-state index contributed by atoms with van der Waals surface area (Å²) in [4.78, 5) is 6.92. The van der Waals surface area contributed by atoms with Gasteiger partial charge in [0.15, 0.2) is 5.96 Å². The molecule has 1 rings (SSSR count). The molecule has 0 bridgehead atoms. The van der Waals surface area contributed by atoms with Crippen molar-refractivity contribution in [1.82, 2.24) is 10.2 Å². The Bertz CT molecular complexity index is 489. The van der Waals surface area contributed by atoms with Gasteiger partial charge in [0, 0.05) is 26.7 Å². The van der Waals surface area contributed by atoms with Crippen molar-refractivity contribution in [3.05, 3.63) is 23.8 Å². The molecule has 5 nitrogen and oxygen atoms in total. The monoisotopic (exact) mass is 321 g/mol. The Kier molecular flexibility index (Phi) is 8.95. The van der Waals surface area contributed by atoms with Gasteiger partial charge >= 0.3 is 0 Å². The summed E-state index contributed by atoms with van der Waals surface area (Å²) >= 11 is 0. The van der Waals surface area contributed by atoms with E-state index in [4.69, 9.17) is 14.5 Å². The second kappa shape index (κ2) is 10.8. The van der Waals surface area contributed by atoms with Crippen molar-refractivity contribution >= 4 is 5.96 Å². The summed E-state index contributed by atoms with van der Waals surface area (Å²) in [5, 5.41) is 3.35. The van der Waals surface area contributed by atoms with Gasteiger partial charge < -0.3 is 19.7 Å². The van der Waals surface area contributed by atoms with E-state index in [-0.39, 0.29) is 0 Å². The molecule has 0 aliphatic carbocycles. The highest BCUT2D eigenvalue weighted by atomic mass is 16.5. The van der Waals surface area contributed by atoms with E-state index >= 15 is 0 Å². The standard InChI is InChI=1S/C18H31N3O2/c1-6-8-13-21(3)18(19-7-2)20-12-11-15-14-16(22-4)9-10-17(15)23-5/h9-10,14H,6-8,11-13H2,1-5H3,(H,19,20). The third-order valence-electron chi connectivity index (χ3n) is 3.67. The molecule has 23 heavy (non-hydrogen) atoms. The first-order valence-electron chi connectivity index (χ1n) is 8.36. The van der Waals surface area contributed by atoms with Gasteiger partial charge in [0.05, 0.1) is 14.2 Å². The zero-order valence-corrected chi connectivity index (χ0v) is 15.2. The van der Waals surface area contributed by atoms with Gasteiger partial charge in [-0.15, -0.1) is 0 Å². The summed E-state index contributed by atoms with van der Waals surface area (Å²) in [7, 11) is 5.45. The fourth-order valence-corrected chi connectivity index (χ4v) is 2.33. The fraction of sp³-hybridized carbons (Fsp3) is 0.611. The largest absolute Gasteiger partial charge is 0.497 e. The van der Waals surface area contributed by atoms with Crippen LogP contribution in [0.1, 0.15) is 32.3 Å². The first kappa shape index (κ1) is 19.1. The lowest BCUT2D eigenvalue weighted by atomic mass is 10.1. The van der Waals surface area contributed by atoms with Gasteiger partial charge in [-0.25, -0.2) is 0 Å². The third-order valence-corrected chi connectivity index (χ3v) is 3.67. The zero-order valence-electron chi connectivity index (χ0n) is 15.2. The maximum Gasteiger partial charge on any atom is 0.193 e. The number of unbranched alkanes of at least 4 members (excludes halogenated alkanes) is 1. The number of hydrogen-bond donors (Lipinski definition) is 1. The van der Waals surface area contributed by atoms with Crippen LogP contribution >= 0.6 is 0 Å². The Morgan fingerprint density at radius 1 is 1.22 bits per heavy atom. The van der Waals surface area contributed by atoms with Gasteiger partial charge in [0.2, 0.25) is 0 Å². The Morgan fingerprint density at radius 2 is 2.00 bits per heavy atom. The summed E-state index contributed by atoms with van der Waals surface area (Å²) in [5.41, 5.74) is 1.11. The molecule has 0 saturated carbocycles. The highest BCUT2D eigenvalue weighted by Crippen LogP contribution is 2.24.